The molecule has 3 fully saturated rings. The number of carbonyl (C=O) groups excluding carboxylic acids is 1. The summed E-state index contributed by atoms with van der Waals surface area (Å²) in [6.07, 6.45) is -0.393. The Balaban J connectivity index is 1.23. The van der Waals surface area contributed by atoms with Crippen molar-refractivity contribution in [1.29, 1.82) is 0 Å². The van der Waals surface area contributed by atoms with Crippen LogP contribution in [-0.2, 0) is 17.5 Å². The Kier molecular flexibility index (Phi) is 5.13. The lowest BCUT2D eigenvalue weighted by Crippen LogP contribution is -2.51. The molecule has 9 nitrogen and oxygen atoms in total. The van der Waals surface area contributed by atoms with Gasteiger partial charge in [0.1, 0.15) is 17.9 Å². The van der Waals surface area contributed by atoms with Crippen LogP contribution >= 0.6 is 0 Å². The van der Waals surface area contributed by atoms with E-state index < -0.39 is 24.8 Å². The molecular formula is C22H21F5N8O. The van der Waals surface area contributed by atoms with E-state index in [2.05, 4.69) is 29.9 Å². The van der Waals surface area contributed by atoms with Crippen LogP contribution in [0.25, 0.3) is 11.2 Å². The maximum absolute atomic E-state index is 13.0. The number of nitrogens with zero attached hydrogens (tertiary/aromatic N) is 8. The Morgan fingerprint density at radius 3 is 2.36 bits per heavy atom. The van der Waals surface area contributed by atoms with Gasteiger partial charge in [-0.2, -0.15) is 18.3 Å². The fourth-order valence-electron chi connectivity index (χ4n) is 6.08. The number of aromatic nitrogens is 6. The first kappa shape index (κ1) is 23.0. The Hall–Kier alpha value is -3.45. The van der Waals surface area contributed by atoms with E-state index >= 15 is 0 Å². The molecule has 0 N–H and O–H groups in total. The molecule has 5 heterocycles. The van der Waals surface area contributed by atoms with Crippen molar-refractivity contribution in [3.8, 4) is 0 Å². The second-order valence-corrected chi connectivity index (χ2v) is 9.68. The average molecular weight is 508 g/mol. The minimum Gasteiger partial charge on any atom is -0.355 e. The number of amides is 1. The summed E-state index contributed by atoms with van der Waals surface area (Å²) in [4.78, 5) is 32.7. The second-order valence-electron chi connectivity index (χ2n) is 9.68. The van der Waals surface area contributed by atoms with Crippen molar-refractivity contribution in [3.05, 3.63) is 30.5 Å². The van der Waals surface area contributed by atoms with Crippen molar-refractivity contribution in [2.24, 2.45) is 17.3 Å². The molecule has 2 saturated heterocycles. The summed E-state index contributed by atoms with van der Waals surface area (Å²) in [6.45, 7) is 1.03. The van der Waals surface area contributed by atoms with Crippen LogP contribution in [0.4, 0.5) is 33.6 Å². The predicted octanol–water partition coefficient (Wildman–Crippen LogP) is 3.17. The number of carbonyl (C=O) groups is 1. The molecule has 190 valence electrons. The Labute approximate surface area is 201 Å². The number of piperidine rings is 1. The van der Waals surface area contributed by atoms with Gasteiger partial charge >= 0.3 is 6.18 Å². The van der Waals surface area contributed by atoms with Crippen LogP contribution in [0.2, 0.25) is 0 Å². The monoisotopic (exact) mass is 508 g/mol. The maximum atomic E-state index is 13.0. The second kappa shape index (κ2) is 8.03. The molecule has 36 heavy (non-hydrogen) atoms. The highest BCUT2D eigenvalue weighted by Crippen LogP contribution is 2.57. The molecule has 2 bridgehead atoms. The van der Waals surface area contributed by atoms with Crippen molar-refractivity contribution >= 4 is 28.7 Å². The number of halogens is 5. The van der Waals surface area contributed by atoms with Crippen LogP contribution in [0.5, 0.6) is 0 Å². The van der Waals surface area contributed by atoms with Gasteiger partial charge in [-0.15, -0.1) is 0 Å². The third-order valence-electron chi connectivity index (χ3n) is 7.78. The topological polar surface area (TPSA) is 92.9 Å². The number of rotatable bonds is 4. The minimum atomic E-state index is -4.60. The van der Waals surface area contributed by atoms with Crippen LogP contribution in [0.15, 0.2) is 24.8 Å². The van der Waals surface area contributed by atoms with Crippen LogP contribution in [-0.4, -0.2) is 61.7 Å². The number of hydrogen-bond donors (Lipinski definition) is 0. The number of hydrogen-bond acceptors (Lipinski definition) is 7. The normalized spacial score (nSPS) is 26.2. The van der Waals surface area contributed by atoms with Crippen molar-refractivity contribution in [1.82, 2.24) is 29.7 Å². The van der Waals surface area contributed by atoms with E-state index in [1.165, 1.54) is 11.1 Å². The molecule has 0 aromatic carbocycles. The van der Waals surface area contributed by atoms with Crippen LogP contribution in [0.1, 0.15) is 25.0 Å². The summed E-state index contributed by atoms with van der Waals surface area (Å²) in [6, 6.07) is 0. The van der Waals surface area contributed by atoms with Crippen LogP contribution in [0, 0.1) is 17.3 Å². The molecule has 3 aromatic heterocycles. The van der Waals surface area contributed by atoms with Gasteiger partial charge in [-0.25, -0.2) is 33.4 Å². The molecule has 14 heteroatoms. The summed E-state index contributed by atoms with van der Waals surface area (Å²) in [5.41, 5.74) is -0.685. The lowest BCUT2D eigenvalue weighted by molar-refractivity contribution is -0.141. The SMILES string of the molecule is O=C1CC2(CN1c1cnc(C(F)(F)F)cn1)C1CCC2CN(c2cnc3cnn(CC(F)F)c3n2)C1. The molecule has 2 atom stereocenters. The van der Waals surface area contributed by atoms with Crippen molar-refractivity contribution in [3.63, 3.8) is 0 Å². The first-order valence-corrected chi connectivity index (χ1v) is 11.6. The molecule has 2 unspecified atom stereocenters. The molecule has 1 aliphatic carbocycles. The largest absolute Gasteiger partial charge is 0.434 e. The summed E-state index contributed by atoms with van der Waals surface area (Å²) in [7, 11) is 0. The number of fused-ring (bicyclic) bond motifs is 1. The van der Waals surface area contributed by atoms with Gasteiger partial charge in [0.25, 0.3) is 6.43 Å². The molecule has 2 aliphatic heterocycles. The van der Waals surface area contributed by atoms with Crippen molar-refractivity contribution in [2.75, 3.05) is 29.4 Å². The molecule has 3 aliphatic rings. The first-order chi connectivity index (χ1) is 17.1. The Bertz CT molecular complexity index is 1300. The summed E-state index contributed by atoms with van der Waals surface area (Å²) >= 11 is 0. The van der Waals surface area contributed by atoms with Gasteiger partial charge in [0.15, 0.2) is 17.2 Å². The maximum Gasteiger partial charge on any atom is 0.434 e. The molecule has 3 aromatic rings. The smallest absolute Gasteiger partial charge is 0.355 e. The Morgan fingerprint density at radius 1 is 1.00 bits per heavy atom. The quantitative estimate of drug-likeness (QED) is 0.500. The summed E-state index contributed by atoms with van der Waals surface area (Å²) in [5.74, 6) is 0.814. The fraction of sp³-hybridized carbons (Fsp3) is 0.545. The van der Waals surface area contributed by atoms with Gasteiger partial charge in [0, 0.05) is 31.5 Å². The molecule has 1 spiro atoms. The highest BCUT2D eigenvalue weighted by atomic mass is 19.4. The standard InChI is InChI=1S/C22H21F5N8O/c23-16(24)10-35-20-14(4-31-35)28-7-18(32-20)33-8-12-1-2-13(9-33)21(12)3-19(36)34(11-21)17-6-29-15(5-30-17)22(25,26)27/h4-7,12-13,16H,1-3,8-11H2. The average Bonchev–Trinajstić information content (AvgIpc) is 3.42. The van der Waals surface area contributed by atoms with Crippen molar-refractivity contribution < 1.29 is 26.7 Å². The fourth-order valence-corrected chi connectivity index (χ4v) is 6.08. The summed E-state index contributed by atoms with van der Waals surface area (Å²) < 4.78 is 65.5. The highest BCUT2D eigenvalue weighted by Gasteiger charge is 2.59. The van der Waals surface area contributed by atoms with E-state index in [9.17, 15) is 26.7 Å². The van der Waals surface area contributed by atoms with Crippen molar-refractivity contribution in [2.45, 2.75) is 38.4 Å². The third-order valence-corrected chi connectivity index (χ3v) is 7.78. The molecule has 6 rings (SSSR count). The molecule has 1 amide bonds. The lowest BCUT2D eigenvalue weighted by atomic mass is 9.68. The van der Waals surface area contributed by atoms with E-state index in [4.69, 9.17) is 0 Å². The molecule has 1 saturated carbocycles. The van der Waals surface area contributed by atoms with E-state index in [-0.39, 0.29) is 29.0 Å². The zero-order chi connectivity index (χ0) is 25.2. The number of anilines is 2. The zero-order valence-electron chi connectivity index (χ0n) is 18.9. The lowest BCUT2D eigenvalue weighted by Gasteiger charge is -2.45. The van der Waals surface area contributed by atoms with Crippen LogP contribution in [0.3, 0.4) is 0 Å². The van der Waals surface area contributed by atoms with Gasteiger partial charge in [-0.05, 0) is 24.7 Å². The molecule has 0 radical (unpaired) electrons. The van der Waals surface area contributed by atoms with Gasteiger partial charge < -0.3 is 4.90 Å². The van der Waals surface area contributed by atoms with Crippen LogP contribution < -0.4 is 9.80 Å². The van der Waals surface area contributed by atoms with Gasteiger partial charge in [0.2, 0.25) is 5.91 Å². The Morgan fingerprint density at radius 2 is 1.72 bits per heavy atom. The molecular weight excluding hydrogens is 487 g/mol. The summed E-state index contributed by atoms with van der Waals surface area (Å²) in [5, 5.41) is 3.96. The highest BCUT2D eigenvalue weighted by molar-refractivity contribution is 5.95. The zero-order valence-corrected chi connectivity index (χ0v) is 18.9. The van der Waals surface area contributed by atoms with E-state index in [1.807, 2.05) is 0 Å². The minimum absolute atomic E-state index is 0.121. The number of alkyl halides is 5. The van der Waals surface area contributed by atoms with E-state index in [0.717, 1.165) is 23.7 Å². The van der Waals surface area contributed by atoms with Gasteiger partial charge in [-0.1, -0.05) is 0 Å². The van der Waals surface area contributed by atoms with E-state index in [1.54, 1.807) is 6.20 Å². The predicted molar refractivity (Wildman–Crippen MR) is 116 cm³/mol. The van der Waals surface area contributed by atoms with Gasteiger partial charge in [-0.3, -0.25) is 9.69 Å². The van der Waals surface area contributed by atoms with E-state index in [0.29, 0.717) is 49.2 Å². The first-order valence-electron chi connectivity index (χ1n) is 11.6. The third kappa shape index (κ3) is 3.64. The van der Waals surface area contributed by atoms with Gasteiger partial charge in [0.05, 0.1) is 24.8 Å².